The van der Waals surface area contributed by atoms with E-state index in [-0.39, 0.29) is 0 Å². The third-order valence-corrected chi connectivity index (χ3v) is 1.63. The van der Waals surface area contributed by atoms with Crippen LogP contribution in [0.25, 0.3) is 6.08 Å². The highest BCUT2D eigenvalue weighted by Crippen LogP contribution is 2.03. The minimum atomic E-state index is 0.983. The Labute approximate surface area is 101 Å². The van der Waals surface area contributed by atoms with Crippen molar-refractivity contribution in [2.45, 2.75) is 41.0 Å². The van der Waals surface area contributed by atoms with Crippen molar-refractivity contribution < 1.29 is 0 Å². The highest BCUT2D eigenvalue weighted by Gasteiger charge is 1.83. The molecule has 0 atom stereocenters. The van der Waals surface area contributed by atoms with E-state index in [0.29, 0.717) is 0 Å². The molecule has 0 fully saturated rings. The average Bonchev–Trinajstić information content (AvgIpc) is 2.33. The molecule has 0 aliphatic heterocycles. The Morgan fingerprint density at radius 2 is 1.94 bits per heavy atom. The van der Waals surface area contributed by atoms with Gasteiger partial charge < -0.3 is 0 Å². The molecule has 0 aliphatic carbocycles. The zero-order valence-electron chi connectivity index (χ0n) is 11.3. The lowest BCUT2D eigenvalue weighted by molar-refractivity contribution is 1.28. The van der Waals surface area contributed by atoms with Gasteiger partial charge >= 0.3 is 0 Å². The Kier molecular flexibility index (Phi) is 14.3. The normalized spacial score (nSPS) is 7.06. The largest absolute Gasteiger partial charge is 0.107 e. The van der Waals surface area contributed by atoms with Crippen LogP contribution in [0.4, 0.5) is 0 Å². The number of hydrogen-bond acceptors (Lipinski definition) is 0. The predicted molar refractivity (Wildman–Crippen MR) is 76.4 cm³/mol. The van der Waals surface area contributed by atoms with Gasteiger partial charge in [-0.05, 0) is 19.4 Å². The predicted octanol–water partition coefficient (Wildman–Crippen LogP) is 5.08. The highest BCUT2D eigenvalue weighted by atomic mass is 13.9. The molecule has 0 spiro atoms. The fourth-order valence-electron chi connectivity index (χ4n) is 0.974. The van der Waals surface area contributed by atoms with Crippen LogP contribution < -0.4 is 0 Å². The monoisotopic (exact) mass is 216 g/mol. The summed E-state index contributed by atoms with van der Waals surface area (Å²) in [7, 11) is 0. The summed E-state index contributed by atoms with van der Waals surface area (Å²) in [5, 5.41) is 0. The van der Waals surface area contributed by atoms with Gasteiger partial charge in [0.25, 0.3) is 0 Å². The number of aryl methyl sites for hydroxylation is 1. The maximum absolute atomic E-state index is 3.67. The van der Waals surface area contributed by atoms with E-state index < -0.39 is 0 Å². The SMILES string of the molecule is C=Cc1cccc(C)c1.CC.CC#CCC. The molecule has 1 aromatic rings. The maximum Gasteiger partial charge on any atom is 0.00601 e. The Bertz CT molecular complexity index is 323. The molecule has 88 valence electrons. The quantitative estimate of drug-likeness (QED) is 0.574. The summed E-state index contributed by atoms with van der Waals surface area (Å²) in [6.07, 6.45) is 2.84. The second-order valence-corrected chi connectivity index (χ2v) is 2.90. The van der Waals surface area contributed by atoms with Crippen LogP contribution in [0.5, 0.6) is 0 Å². The van der Waals surface area contributed by atoms with Crippen molar-refractivity contribution in [3.05, 3.63) is 42.0 Å². The third-order valence-electron chi connectivity index (χ3n) is 1.63. The topological polar surface area (TPSA) is 0 Å². The van der Waals surface area contributed by atoms with Crippen molar-refractivity contribution in [2.75, 3.05) is 0 Å². The summed E-state index contributed by atoms with van der Waals surface area (Å²) in [6.45, 7) is 13.6. The van der Waals surface area contributed by atoms with E-state index in [0.717, 1.165) is 6.42 Å². The Morgan fingerprint density at radius 1 is 1.31 bits per heavy atom. The summed E-state index contributed by atoms with van der Waals surface area (Å²) in [6, 6.07) is 8.26. The van der Waals surface area contributed by atoms with Crippen LogP contribution in [0.2, 0.25) is 0 Å². The highest BCUT2D eigenvalue weighted by molar-refractivity contribution is 5.47. The minimum Gasteiger partial charge on any atom is -0.107 e. The van der Waals surface area contributed by atoms with Crippen molar-refractivity contribution >= 4 is 6.08 Å². The van der Waals surface area contributed by atoms with Gasteiger partial charge in [0.15, 0.2) is 0 Å². The van der Waals surface area contributed by atoms with Crippen LogP contribution in [0.1, 0.15) is 45.2 Å². The van der Waals surface area contributed by atoms with Crippen molar-refractivity contribution in [1.29, 1.82) is 0 Å². The molecule has 0 unspecified atom stereocenters. The molecule has 0 heteroatoms. The summed E-state index contributed by atoms with van der Waals surface area (Å²) in [4.78, 5) is 0. The fourth-order valence-corrected chi connectivity index (χ4v) is 0.974. The lowest BCUT2D eigenvalue weighted by Crippen LogP contribution is -1.72. The molecular weight excluding hydrogens is 192 g/mol. The standard InChI is InChI=1S/C9H10.C5H8.C2H6/c1-3-9-6-4-5-8(2)7-9;1-3-5-4-2;1-2/h3-7H,1H2,2H3;3H2,1-2H3;1-2H3. The van der Waals surface area contributed by atoms with Gasteiger partial charge in [-0.15, -0.1) is 11.8 Å². The number of hydrogen-bond donors (Lipinski definition) is 0. The van der Waals surface area contributed by atoms with Crippen molar-refractivity contribution in [2.24, 2.45) is 0 Å². The fraction of sp³-hybridized carbons (Fsp3) is 0.375. The van der Waals surface area contributed by atoms with Crippen molar-refractivity contribution in [3.8, 4) is 11.8 Å². The van der Waals surface area contributed by atoms with Crippen molar-refractivity contribution in [1.82, 2.24) is 0 Å². The Hall–Kier alpha value is -1.48. The van der Waals surface area contributed by atoms with E-state index in [9.17, 15) is 0 Å². The molecule has 0 saturated heterocycles. The number of benzene rings is 1. The zero-order chi connectivity index (χ0) is 12.8. The summed E-state index contributed by atoms with van der Waals surface area (Å²) in [5.41, 5.74) is 2.47. The molecule has 0 saturated carbocycles. The molecule has 0 N–H and O–H groups in total. The molecule has 0 nitrogen and oxygen atoms in total. The smallest absolute Gasteiger partial charge is 0.00601 e. The second kappa shape index (κ2) is 13.5. The van der Waals surface area contributed by atoms with E-state index in [1.807, 2.05) is 45.9 Å². The van der Waals surface area contributed by atoms with E-state index in [1.54, 1.807) is 0 Å². The third kappa shape index (κ3) is 10.6. The zero-order valence-corrected chi connectivity index (χ0v) is 11.3. The minimum absolute atomic E-state index is 0.983. The molecule has 0 heterocycles. The van der Waals surface area contributed by atoms with E-state index >= 15 is 0 Å². The van der Waals surface area contributed by atoms with Crippen LogP contribution in [-0.2, 0) is 0 Å². The molecule has 0 aliphatic rings. The molecular formula is C16H24. The molecule has 1 aromatic carbocycles. The van der Waals surface area contributed by atoms with Gasteiger partial charge in [-0.1, -0.05) is 63.3 Å². The van der Waals surface area contributed by atoms with Gasteiger partial charge in [-0.2, -0.15) is 0 Å². The van der Waals surface area contributed by atoms with Crippen LogP contribution in [0.15, 0.2) is 30.8 Å². The van der Waals surface area contributed by atoms with Gasteiger partial charge in [-0.3, -0.25) is 0 Å². The second-order valence-electron chi connectivity index (χ2n) is 2.90. The van der Waals surface area contributed by atoms with Crippen LogP contribution in [0.3, 0.4) is 0 Å². The molecule has 0 radical (unpaired) electrons. The van der Waals surface area contributed by atoms with E-state index in [2.05, 4.69) is 37.5 Å². The first-order valence-corrected chi connectivity index (χ1v) is 5.83. The first-order chi connectivity index (χ1) is 7.74. The van der Waals surface area contributed by atoms with Crippen LogP contribution in [0, 0.1) is 18.8 Å². The Morgan fingerprint density at radius 3 is 2.19 bits per heavy atom. The molecule has 0 aromatic heterocycles. The average molecular weight is 216 g/mol. The maximum atomic E-state index is 3.67. The molecule has 16 heavy (non-hydrogen) atoms. The summed E-state index contributed by atoms with van der Waals surface area (Å²) < 4.78 is 0. The lowest BCUT2D eigenvalue weighted by atomic mass is 10.1. The van der Waals surface area contributed by atoms with Crippen molar-refractivity contribution in [3.63, 3.8) is 0 Å². The van der Waals surface area contributed by atoms with Gasteiger partial charge in [0, 0.05) is 6.42 Å². The Balaban J connectivity index is 0. The van der Waals surface area contributed by atoms with Crippen LogP contribution in [-0.4, -0.2) is 0 Å². The summed E-state index contributed by atoms with van der Waals surface area (Å²) >= 11 is 0. The van der Waals surface area contributed by atoms with Gasteiger partial charge in [0.05, 0.1) is 0 Å². The van der Waals surface area contributed by atoms with E-state index in [4.69, 9.17) is 0 Å². The first kappa shape index (κ1) is 16.9. The van der Waals surface area contributed by atoms with Crippen LogP contribution >= 0.6 is 0 Å². The molecule has 0 bridgehead atoms. The first-order valence-electron chi connectivity index (χ1n) is 5.83. The molecule has 1 rings (SSSR count). The van der Waals surface area contributed by atoms with Gasteiger partial charge in [-0.25, -0.2) is 0 Å². The molecule has 0 amide bonds. The summed E-state index contributed by atoms with van der Waals surface area (Å²) in [5.74, 6) is 5.63. The van der Waals surface area contributed by atoms with Gasteiger partial charge in [0.1, 0.15) is 0 Å². The number of rotatable bonds is 1. The van der Waals surface area contributed by atoms with Gasteiger partial charge in [0.2, 0.25) is 0 Å². The lowest BCUT2D eigenvalue weighted by Gasteiger charge is -1.92. The van der Waals surface area contributed by atoms with E-state index in [1.165, 1.54) is 11.1 Å².